The number of ether oxygens (including phenoxy) is 1. The molecule has 1 saturated heterocycles. The fraction of sp³-hybridized carbons (Fsp3) is 0.429. The highest BCUT2D eigenvalue weighted by Crippen LogP contribution is 2.10. The van der Waals surface area contributed by atoms with Gasteiger partial charge in [0.25, 0.3) is 0 Å². The summed E-state index contributed by atoms with van der Waals surface area (Å²) < 4.78 is 4.71. The van der Waals surface area contributed by atoms with Crippen LogP contribution in [-0.4, -0.2) is 49.2 Å². The van der Waals surface area contributed by atoms with Gasteiger partial charge >= 0.3 is 6.09 Å². The number of carbonyl (C=O) groups excluding carboxylic acids is 1. The molecule has 0 bridgehead atoms. The molecule has 0 saturated carbocycles. The minimum absolute atomic E-state index is 0.252. The van der Waals surface area contributed by atoms with Crippen molar-refractivity contribution in [2.75, 3.05) is 33.3 Å². The van der Waals surface area contributed by atoms with Gasteiger partial charge < -0.3 is 9.64 Å². The predicted molar refractivity (Wildman–Crippen MR) is 70.4 cm³/mol. The summed E-state index contributed by atoms with van der Waals surface area (Å²) in [5.74, 6) is 0. The van der Waals surface area contributed by atoms with Crippen molar-refractivity contribution in [1.82, 2.24) is 9.80 Å². The van der Waals surface area contributed by atoms with Crippen LogP contribution in [0, 0.1) is 11.3 Å². The Balaban J connectivity index is 1.85. The summed E-state index contributed by atoms with van der Waals surface area (Å²) in [7, 11) is 1.41. The van der Waals surface area contributed by atoms with Crippen LogP contribution < -0.4 is 0 Å². The first-order valence-electron chi connectivity index (χ1n) is 6.27. The van der Waals surface area contributed by atoms with E-state index in [0.29, 0.717) is 18.7 Å². The van der Waals surface area contributed by atoms with Crippen molar-refractivity contribution in [3.8, 4) is 6.07 Å². The summed E-state index contributed by atoms with van der Waals surface area (Å²) in [5.41, 5.74) is 1.87. The lowest BCUT2D eigenvalue weighted by atomic mass is 10.1. The van der Waals surface area contributed by atoms with Crippen molar-refractivity contribution in [3.05, 3.63) is 35.4 Å². The Bertz CT molecular complexity index is 470. The third-order valence-corrected chi connectivity index (χ3v) is 3.29. The second kappa shape index (κ2) is 6.21. The first-order chi connectivity index (χ1) is 9.22. The average molecular weight is 259 g/mol. The van der Waals surface area contributed by atoms with Crippen molar-refractivity contribution in [1.29, 1.82) is 5.26 Å². The molecule has 0 spiro atoms. The summed E-state index contributed by atoms with van der Waals surface area (Å²) in [6, 6.07) is 9.73. The van der Waals surface area contributed by atoms with Crippen LogP contribution in [0.3, 0.4) is 0 Å². The van der Waals surface area contributed by atoms with Crippen LogP contribution in [-0.2, 0) is 11.3 Å². The fourth-order valence-corrected chi connectivity index (χ4v) is 2.16. The van der Waals surface area contributed by atoms with Crippen LogP contribution in [0.15, 0.2) is 24.3 Å². The molecule has 1 aliphatic heterocycles. The minimum Gasteiger partial charge on any atom is -0.453 e. The van der Waals surface area contributed by atoms with Crippen molar-refractivity contribution < 1.29 is 9.53 Å². The second-order valence-corrected chi connectivity index (χ2v) is 4.54. The van der Waals surface area contributed by atoms with Gasteiger partial charge in [0.1, 0.15) is 0 Å². The van der Waals surface area contributed by atoms with Crippen LogP contribution in [0.1, 0.15) is 11.1 Å². The van der Waals surface area contributed by atoms with Crippen molar-refractivity contribution in [2.45, 2.75) is 6.54 Å². The zero-order valence-electron chi connectivity index (χ0n) is 11.0. The van der Waals surface area contributed by atoms with Gasteiger partial charge in [-0.2, -0.15) is 5.26 Å². The maximum Gasteiger partial charge on any atom is 0.409 e. The highest BCUT2D eigenvalue weighted by Gasteiger charge is 2.21. The Labute approximate surface area is 113 Å². The van der Waals surface area contributed by atoms with Crippen molar-refractivity contribution in [3.63, 3.8) is 0 Å². The first-order valence-corrected chi connectivity index (χ1v) is 6.27. The molecule has 2 rings (SSSR count). The molecule has 0 aromatic heterocycles. The molecule has 0 N–H and O–H groups in total. The number of nitrogens with zero attached hydrogens (tertiary/aromatic N) is 3. The van der Waals surface area contributed by atoms with E-state index < -0.39 is 0 Å². The smallest absolute Gasteiger partial charge is 0.409 e. The highest BCUT2D eigenvalue weighted by molar-refractivity contribution is 5.67. The van der Waals surface area contributed by atoms with Gasteiger partial charge in [-0.15, -0.1) is 0 Å². The number of nitriles is 1. The molecule has 5 nitrogen and oxygen atoms in total. The Morgan fingerprint density at radius 1 is 1.26 bits per heavy atom. The van der Waals surface area contributed by atoms with Gasteiger partial charge in [-0.25, -0.2) is 4.79 Å². The molecule has 0 atom stereocenters. The summed E-state index contributed by atoms with van der Waals surface area (Å²) in [4.78, 5) is 15.4. The lowest BCUT2D eigenvalue weighted by Gasteiger charge is -2.33. The molecule has 0 unspecified atom stereocenters. The molecule has 19 heavy (non-hydrogen) atoms. The number of rotatable bonds is 2. The summed E-state index contributed by atoms with van der Waals surface area (Å²) in [6.07, 6.45) is -0.252. The molecule has 5 heteroatoms. The largest absolute Gasteiger partial charge is 0.453 e. The molecule has 100 valence electrons. The van der Waals surface area contributed by atoms with Crippen LogP contribution in [0.2, 0.25) is 0 Å². The maximum absolute atomic E-state index is 11.4. The zero-order valence-corrected chi connectivity index (χ0v) is 11.0. The van der Waals surface area contributed by atoms with E-state index in [1.807, 2.05) is 24.3 Å². The summed E-state index contributed by atoms with van der Waals surface area (Å²) in [5, 5.41) is 8.74. The van der Waals surface area contributed by atoms with E-state index >= 15 is 0 Å². The first kappa shape index (κ1) is 13.4. The quantitative estimate of drug-likeness (QED) is 0.806. The minimum atomic E-state index is -0.252. The van der Waals surface area contributed by atoms with Gasteiger partial charge in [-0.3, -0.25) is 4.90 Å². The highest BCUT2D eigenvalue weighted by atomic mass is 16.5. The third kappa shape index (κ3) is 3.46. The normalized spacial score (nSPS) is 15.9. The van der Waals surface area contributed by atoms with E-state index in [2.05, 4.69) is 11.0 Å². The van der Waals surface area contributed by atoms with Crippen LogP contribution >= 0.6 is 0 Å². The fourth-order valence-electron chi connectivity index (χ4n) is 2.16. The molecule has 1 fully saturated rings. The van der Waals surface area contributed by atoms with Gasteiger partial charge in [0.2, 0.25) is 0 Å². The summed E-state index contributed by atoms with van der Waals surface area (Å²) >= 11 is 0. The molecule has 1 heterocycles. The van der Waals surface area contributed by atoms with Crippen LogP contribution in [0.5, 0.6) is 0 Å². The molecule has 1 amide bonds. The van der Waals surface area contributed by atoms with E-state index in [-0.39, 0.29) is 6.09 Å². The number of piperazine rings is 1. The summed E-state index contributed by atoms with van der Waals surface area (Å²) in [6.45, 7) is 3.93. The van der Waals surface area contributed by atoms with Gasteiger partial charge in [0.15, 0.2) is 0 Å². The molecule has 1 aliphatic rings. The SMILES string of the molecule is COC(=O)N1CCN(Cc2ccc(C#N)cc2)CC1. The molecular formula is C14H17N3O2. The van der Waals surface area contributed by atoms with Gasteiger partial charge in [0.05, 0.1) is 18.7 Å². The molecular weight excluding hydrogens is 242 g/mol. The van der Waals surface area contributed by atoms with E-state index in [1.54, 1.807) is 4.90 Å². The lowest BCUT2D eigenvalue weighted by molar-refractivity contribution is 0.0889. The van der Waals surface area contributed by atoms with Crippen LogP contribution in [0.25, 0.3) is 0 Å². The molecule has 0 radical (unpaired) electrons. The predicted octanol–water partition coefficient (Wildman–Crippen LogP) is 1.44. The Kier molecular flexibility index (Phi) is 4.37. The molecule has 1 aromatic rings. The topological polar surface area (TPSA) is 56.6 Å². The number of benzene rings is 1. The number of carbonyl (C=O) groups is 1. The third-order valence-electron chi connectivity index (χ3n) is 3.29. The van der Waals surface area contributed by atoms with Crippen molar-refractivity contribution in [2.24, 2.45) is 0 Å². The second-order valence-electron chi connectivity index (χ2n) is 4.54. The average Bonchev–Trinajstić information content (AvgIpc) is 2.48. The Morgan fingerprint density at radius 2 is 1.89 bits per heavy atom. The van der Waals surface area contributed by atoms with E-state index in [4.69, 9.17) is 10.00 Å². The standard InChI is InChI=1S/C14H17N3O2/c1-19-14(18)17-8-6-16(7-9-17)11-13-4-2-12(10-15)3-5-13/h2-5H,6-9,11H2,1H3. The number of amides is 1. The van der Waals surface area contributed by atoms with E-state index in [9.17, 15) is 4.79 Å². The van der Waals surface area contributed by atoms with Gasteiger partial charge in [-0.1, -0.05) is 12.1 Å². The Hall–Kier alpha value is -2.06. The number of methoxy groups -OCH3 is 1. The Morgan fingerprint density at radius 3 is 2.42 bits per heavy atom. The van der Waals surface area contributed by atoms with Gasteiger partial charge in [-0.05, 0) is 17.7 Å². The van der Waals surface area contributed by atoms with Crippen LogP contribution in [0.4, 0.5) is 4.79 Å². The van der Waals surface area contributed by atoms with E-state index in [0.717, 1.165) is 19.6 Å². The molecule has 1 aromatic carbocycles. The van der Waals surface area contributed by atoms with Crippen molar-refractivity contribution >= 4 is 6.09 Å². The van der Waals surface area contributed by atoms with Gasteiger partial charge in [0, 0.05) is 32.7 Å². The monoisotopic (exact) mass is 259 g/mol. The number of hydrogen-bond donors (Lipinski definition) is 0. The zero-order chi connectivity index (χ0) is 13.7. The lowest BCUT2D eigenvalue weighted by Crippen LogP contribution is -2.48. The maximum atomic E-state index is 11.4. The molecule has 0 aliphatic carbocycles. The van der Waals surface area contributed by atoms with E-state index in [1.165, 1.54) is 12.7 Å². The number of hydrogen-bond acceptors (Lipinski definition) is 4.